The third-order valence-electron chi connectivity index (χ3n) is 2.26. The standard InChI is InChI=1S/C8H18N2/c1-8(2,6-9)3-7-4-10-5-7/h7,10H,3-6,9H2,1-2H3. The zero-order valence-electron chi connectivity index (χ0n) is 6.98. The molecule has 0 bridgehead atoms. The van der Waals surface area contributed by atoms with Crippen LogP contribution in [0.15, 0.2) is 0 Å². The van der Waals surface area contributed by atoms with E-state index in [1.54, 1.807) is 0 Å². The first-order chi connectivity index (χ1) is 4.64. The van der Waals surface area contributed by atoms with E-state index in [9.17, 15) is 0 Å². The third-order valence-corrected chi connectivity index (χ3v) is 2.26. The molecule has 3 N–H and O–H groups in total. The number of nitrogens with one attached hydrogen (secondary N) is 1. The van der Waals surface area contributed by atoms with E-state index in [0.717, 1.165) is 12.5 Å². The number of hydrogen-bond donors (Lipinski definition) is 2. The maximum atomic E-state index is 5.61. The van der Waals surface area contributed by atoms with Crippen LogP contribution in [0, 0.1) is 11.3 Å². The van der Waals surface area contributed by atoms with Gasteiger partial charge in [0.05, 0.1) is 0 Å². The molecule has 0 aromatic rings. The van der Waals surface area contributed by atoms with Crippen molar-refractivity contribution >= 4 is 0 Å². The summed E-state index contributed by atoms with van der Waals surface area (Å²) in [7, 11) is 0. The van der Waals surface area contributed by atoms with Gasteiger partial charge in [-0.25, -0.2) is 0 Å². The quantitative estimate of drug-likeness (QED) is 0.605. The van der Waals surface area contributed by atoms with Crippen molar-refractivity contribution in [3.63, 3.8) is 0 Å². The van der Waals surface area contributed by atoms with E-state index in [-0.39, 0.29) is 0 Å². The molecular formula is C8H18N2. The second kappa shape index (κ2) is 2.89. The molecule has 2 heteroatoms. The molecule has 2 nitrogen and oxygen atoms in total. The van der Waals surface area contributed by atoms with Crippen LogP contribution >= 0.6 is 0 Å². The first kappa shape index (κ1) is 8.02. The topological polar surface area (TPSA) is 38.0 Å². The molecule has 1 fully saturated rings. The minimum atomic E-state index is 0.354. The van der Waals surface area contributed by atoms with E-state index in [0.29, 0.717) is 5.41 Å². The summed E-state index contributed by atoms with van der Waals surface area (Å²) in [5, 5.41) is 3.27. The van der Waals surface area contributed by atoms with Gasteiger partial charge in [-0.1, -0.05) is 13.8 Å². The zero-order valence-corrected chi connectivity index (χ0v) is 6.98. The first-order valence-corrected chi connectivity index (χ1v) is 4.05. The smallest absolute Gasteiger partial charge is 0.000804 e. The molecule has 0 aromatic heterocycles. The summed E-state index contributed by atoms with van der Waals surface area (Å²) in [5.41, 5.74) is 5.97. The minimum Gasteiger partial charge on any atom is -0.330 e. The molecule has 0 aliphatic carbocycles. The summed E-state index contributed by atoms with van der Waals surface area (Å²) in [6.07, 6.45) is 1.27. The summed E-state index contributed by atoms with van der Waals surface area (Å²) in [6, 6.07) is 0. The lowest BCUT2D eigenvalue weighted by atomic mass is 9.80. The Labute approximate surface area is 63.2 Å². The van der Waals surface area contributed by atoms with Gasteiger partial charge in [0, 0.05) is 0 Å². The van der Waals surface area contributed by atoms with Crippen LogP contribution in [-0.4, -0.2) is 19.6 Å². The minimum absolute atomic E-state index is 0.354. The maximum absolute atomic E-state index is 5.61. The fraction of sp³-hybridized carbons (Fsp3) is 1.00. The molecule has 60 valence electrons. The number of nitrogens with two attached hydrogens (primary N) is 1. The van der Waals surface area contributed by atoms with Gasteiger partial charge in [-0.3, -0.25) is 0 Å². The van der Waals surface area contributed by atoms with Crippen molar-refractivity contribution < 1.29 is 0 Å². The lowest BCUT2D eigenvalue weighted by Crippen LogP contribution is -2.45. The molecule has 10 heavy (non-hydrogen) atoms. The van der Waals surface area contributed by atoms with Crippen LogP contribution < -0.4 is 11.1 Å². The predicted octanol–water partition coefficient (Wildman–Crippen LogP) is 0.581. The molecule has 0 aromatic carbocycles. The Morgan fingerprint density at radius 2 is 2.10 bits per heavy atom. The summed E-state index contributed by atoms with van der Waals surface area (Å²) in [4.78, 5) is 0. The average molecular weight is 142 g/mol. The molecule has 1 aliphatic heterocycles. The molecule has 1 aliphatic rings. The van der Waals surface area contributed by atoms with Crippen molar-refractivity contribution in [2.75, 3.05) is 19.6 Å². The van der Waals surface area contributed by atoms with Crippen molar-refractivity contribution in [1.29, 1.82) is 0 Å². The van der Waals surface area contributed by atoms with Crippen molar-refractivity contribution in [2.24, 2.45) is 17.1 Å². The second-order valence-corrected chi connectivity index (χ2v) is 4.10. The first-order valence-electron chi connectivity index (χ1n) is 4.05. The van der Waals surface area contributed by atoms with Gasteiger partial charge in [-0.2, -0.15) is 0 Å². The SMILES string of the molecule is CC(C)(CN)CC1CNC1. The van der Waals surface area contributed by atoms with Gasteiger partial charge < -0.3 is 11.1 Å². The molecule has 1 heterocycles. The van der Waals surface area contributed by atoms with Gasteiger partial charge >= 0.3 is 0 Å². The van der Waals surface area contributed by atoms with Crippen LogP contribution in [0.1, 0.15) is 20.3 Å². The molecule has 0 saturated carbocycles. The van der Waals surface area contributed by atoms with Gasteiger partial charge in [-0.15, -0.1) is 0 Å². The molecular weight excluding hydrogens is 124 g/mol. The van der Waals surface area contributed by atoms with Gasteiger partial charge in [0.1, 0.15) is 0 Å². The lowest BCUT2D eigenvalue weighted by Gasteiger charge is -2.34. The third kappa shape index (κ3) is 1.96. The fourth-order valence-electron chi connectivity index (χ4n) is 1.36. The highest BCUT2D eigenvalue weighted by atomic mass is 14.9. The van der Waals surface area contributed by atoms with Gasteiger partial charge in [-0.05, 0) is 37.4 Å². The number of rotatable bonds is 3. The van der Waals surface area contributed by atoms with Crippen LogP contribution in [0.3, 0.4) is 0 Å². The molecule has 0 unspecified atom stereocenters. The molecule has 0 radical (unpaired) electrons. The fourth-order valence-corrected chi connectivity index (χ4v) is 1.36. The van der Waals surface area contributed by atoms with E-state index in [1.807, 2.05) is 0 Å². The van der Waals surface area contributed by atoms with Crippen LogP contribution in [0.2, 0.25) is 0 Å². The zero-order chi connectivity index (χ0) is 7.61. The Bertz CT molecular complexity index is 106. The summed E-state index contributed by atoms with van der Waals surface area (Å²) >= 11 is 0. The van der Waals surface area contributed by atoms with E-state index >= 15 is 0 Å². The van der Waals surface area contributed by atoms with E-state index in [4.69, 9.17) is 5.73 Å². The average Bonchev–Trinajstić information content (AvgIpc) is 1.80. The van der Waals surface area contributed by atoms with Crippen LogP contribution in [0.25, 0.3) is 0 Å². The summed E-state index contributed by atoms with van der Waals surface area (Å²) in [5.74, 6) is 0.888. The second-order valence-electron chi connectivity index (χ2n) is 4.10. The molecule has 0 atom stereocenters. The monoisotopic (exact) mass is 142 g/mol. The predicted molar refractivity (Wildman–Crippen MR) is 43.8 cm³/mol. The van der Waals surface area contributed by atoms with Crippen molar-refractivity contribution in [2.45, 2.75) is 20.3 Å². The Hall–Kier alpha value is -0.0800. The Kier molecular flexibility index (Phi) is 2.32. The van der Waals surface area contributed by atoms with Crippen LogP contribution in [-0.2, 0) is 0 Å². The van der Waals surface area contributed by atoms with Crippen molar-refractivity contribution in [3.8, 4) is 0 Å². The molecule has 0 amide bonds. The van der Waals surface area contributed by atoms with Gasteiger partial charge in [0.15, 0.2) is 0 Å². The van der Waals surface area contributed by atoms with Crippen molar-refractivity contribution in [3.05, 3.63) is 0 Å². The van der Waals surface area contributed by atoms with E-state index < -0.39 is 0 Å². The largest absolute Gasteiger partial charge is 0.330 e. The molecule has 0 spiro atoms. The van der Waals surface area contributed by atoms with E-state index in [2.05, 4.69) is 19.2 Å². The van der Waals surface area contributed by atoms with E-state index in [1.165, 1.54) is 19.5 Å². The van der Waals surface area contributed by atoms with Crippen LogP contribution in [0.4, 0.5) is 0 Å². The van der Waals surface area contributed by atoms with Crippen molar-refractivity contribution in [1.82, 2.24) is 5.32 Å². The summed E-state index contributed by atoms with van der Waals surface area (Å²) in [6.45, 7) is 7.69. The Morgan fingerprint density at radius 3 is 2.40 bits per heavy atom. The molecule has 1 saturated heterocycles. The Morgan fingerprint density at radius 1 is 1.50 bits per heavy atom. The summed E-state index contributed by atoms with van der Waals surface area (Å²) < 4.78 is 0. The highest BCUT2D eigenvalue weighted by Crippen LogP contribution is 2.25. The van der Waals surface area contributed by atoms with Gasteiger partial charge in [0.25, 0.3) is 0 Å². The normalized spacial score (nSPS) is 20.7. The lowest BCUT2D eigenvalue weighted by molar-refractivity contribution is 0.218. The Balaban J connectivity index is 2.21. The molecule has 1 rings (SSSR count). The number of hydrogen-bond acceptors (Lipinski definition) is 2. The van der Waals surface area contributed by atoms with Crippen LogP contribution in [0.5, 0.6) is 0 Å². The maximum Gasteiger partial charge on any atom is -0.000804 e. The van der Waals surface area contributed by atoms with Gasteiger partial charge in [0.2, 0.25) is 0 Å². The highest BCUT2D eigenvalue weighted by molar-refractivity contribution is 4.81. The highest BCUT2D eigenvalue weighted by Gasteiger charge is 2.25.